The number of imidazole rings is 1. The zero-order chi connectivity index (χ0) is 19.7. The van der Waals surface area contributed by atoms with Crippen LogP contribution in [0.25, 0.3) is 17.2 Å². The van der Waals surface area contributed by atoms with Crippen LogP contribution in [0.3, 0.4) is 0 Å². The summed E-state index contributed by atoms with van der Waals surface area (Å²) in [7, 11) is 1.61. The maximum absolute atomic E-state index is 13.0. The number of rotatable bonds is 4. The van der Waals surface area contributed by atoms with Crippen molar-refractivity contribution >= 4 is 11.5 Å². The van der Waals surface area contributed by atoms with Crippen LogP contribution in [-0.2, 0) is 15.7 Å². The van der Waals surface area contributed by atoms with Crippen LogP contribution in [0.2, 0.25) is 0 Å². The number of hydrogen-bond donors (Lipinski definition) is 0. The predicted molar refractivity (Wildman–Crippen MR) is 92.8 cm³/mol. The lowest BCUT2D eigenvalue weighted by molar-refractivity contribution is -0.141. The first-order valence-corrected chi connectivity index (χ1v) is 8.55. The molecule has 0 amide bonds. The van der Waals surface area contributed by atoms with Gasteiger partial charge in [-0.05, 0) is 6.07 Å². The van der Waals surface area contributed by atoms with Crippen molar-refractivity contribution in [2.45, 2.75) is 12.3 Å². The maximum atomic E-state index is 13.0. The summed E-state index contributed by atoms with van der Waals surface area (Å²) in [6.45, 7) is 2.24. The van der Waals surface area contributed by atoms with Crippen molar-refractivity contribution in [1.29, 1.82) is 0 Å². The average Bonchev–Trinajstić information content (AvgIpc) is 3.11. The van der Waals surface area contributed by atoms with Crippen molar-refractivity contribution in [2.75, 3.05) is 38.3 Å². The van der Waals surface area contributed by atoms with E-state index < -0.39 is 11.9 Å². The lowest BCUT2D eigenvalue weighted by Gasteiger charge is -2.33. The van der Waals surface area contributed by atoms with Crippen molar-refractivity contribution in [2.24, 2.45) is 0 Å². The third-order valence-electron chi connectivity index (χ3n) is 4.37. The second kappa shape index (κ2) is 7.32. The summed E-state index contributed by atoms with van der Waals surface area (Å²) in [4.78, 5) is 18.3. The minimum atomic E-state index is -4.55. The van der Waals surface area contributed by atoms with Gasteiger partial charge in [-0.2, -0.15) is 13.2 Å². The number of alkyl halides is 3. The monoisotopic (exact) mass is 394 g/mol. The Balaban J connectivity index is 1.68. The molecule has 28 heavy (non-hydrogen) atoms. The first-order valence-electron chi connectivity index (χ1n) is 8.55. The molecule has 1 saturated heterocycles. The molecule has 0 N–H and O–H groups in total. The summed E-state index contributed by atoms with van der Waals surface area (Å²) >= 11 is 0. The van der Waals surface area contributed by atoms with Gasteiger partial charge in [0.1, 0.15) is 11.5 Å². The van der Waals surface area contributed by atoms with Crippen LogP contribution in [0.4, 0.5) is 19.0 Å². The summed E-state index contributed by atoms with van der Waals surface area (Å²) in [6, 6.07) is 1.75. The largest absolute Gasteiger partial charge is 0.434 e. The van der Waals surface area contributed by atoms with Crippen LogP contribution < -0.4 is 4.90 Å². The second-order valence-corrected chi connectivity index (χ2v) is 6.27. The highest BCUT2D eigenvalue weighted by Gasteiger charge is 2.33. The third-order valence-corrected chi connectivity index (χ3v) is 4.37. The number of methoxy groups -OCH3 is 1. The number of anilines is 1. The van der Waals surface area contributed by atoms with Gasteiger partial charge >= 0.3 is 6.18 Å². The Morgan fingerprint density at radius 2 is 2.11 bits per heavy atom. The number of fused-ring (bicyclic) bond motifs is 1. The van der Waals surface area contributed by atoms with Crippen LogP contribution >= 0.6 is 0 Å². The molecule has 1 atom stereocenters. The summed E-state index contributed by atoms with van der Waals surface area (Å²) in [5.74, 6) is 0.938. The molecule has 1 unspecified atom stereocenters. The fraction of sp³-hybridized carbons (Fsp3) is 0.412. The molecule has 0 spiro atoms. The van der Waals surface area contributed by atoms with E-state index in [-0.39, 0.29) is 17.6 Å². The van der Waals surface area contributed by atoms with Crippen molar-refractivity contribution in [3.8, 4) is 11.5 Å². The van der Waals surface area contributed by atoms with E-state index in [2.05, 4.69) is 19.9 Å². The number of halogens is 3. The van der Waals surface area contributed by atoms with E-state index in [9.17, 15) is 13.2 Å². The number of hydrogen-bond acceptors (Lipinski definition) is 7. The fourth-order valence-corrected chi connectivity index (χ4v) is 3.06. The summed E-state index contributed by atoms with van der Waals surface area (Å²) in [5, 5.41) is 0. The highest BCUT2D eigenvalue weighted by atomic mass is 19.4. The predicted octanol–water partition coefficient (Wildman–Crippen LogP) is 2.06. The van der Waals surface area contributed by atoms with E-state index in [1.807, 2.05) is 4.90 Å². The SMILES string of the molecule is COCC1CN(c2ccnc(-c3cnc4cnc(C(F)(F)F)cn34)n2)CCO1. The molecule has 4 heterocycles. The topological polar surface area (TPSA) is 77.7 Å². The molecule has 0 aliphatic carbocycles. The molecule has 148 valence electrons. The highest BCUT2D eigenvalue weighted by Crippen LogP contribution is 2.29. The van der Waals surface area contributed by atoms with Gasteiger partial charge in [-0.25, -0.2) is 19.9 Å². The zero-order valence-electron chi connectivity index (χ0n) is 14.9. The molecule has 0 aromatic carbocycles. The Morgan fingerprint density at radius 1 is 1.25 bits per heavy atom. The van der Waals surface area contributed by atoms with Crippen LogP contribution in [0.15, 0.2) is 30.9 Å². The summed E-state index contributed by atoms with van der Waals surface area (Å²) in [5.41, 5.74) is -0.374. The molecule has 4 rings (SSSR count). The summed E-state index contributed by atoms with van der Waals surface area (Å²) in [6.07, 6.45) is 0.355. The van der Waals surface area contributed by atoms with E-state index in [1.165, 1.54) is 10.6 Å². The van der Waals surface area contributed by atoms with Gasteiger partial charge in [-0.3, -0.25) is 4.40 Å². The molecule has 11 heteroatoms. The molecule has 3 aromatic rings. The molecule has 3 aromatic heterocycles. The van der Waals surface area contributed by atoms with Gasteiger partial charge in [-0.1, -0.05) is 0 Å². The first-order chi connectivity index (χ1) is 13.5. The number of aromatic nitrogens is 5. The molecule has 0 saturated carbocycles. The second-order valence-electron chi connectivity index (χ2n) is 6.27. The maximum Gasteiger partial charge on any atom is 0.434 e. The van der Waals surface area contributed by atoms with Crippen LogP contribution in [0.5, 0.6) is 0 Å². The molecule has 1 aliphatic heterocycles. The van der Waals surface area contributed by atoms with Crippen molar-refractivity contribution < 1.29 is 22.6 Å². The fourth-order valence-electron chi connectivity index (χ4n) is 3.06. The van der Waals surface area contributed by atoms with Crippen LogP contribution in [-0.4, -0.2) is 63.9 Å². The van der Waals surface area contributed by atoms with E-state index in [0.29, 0.717) is 37.8 Å². The summed E-state index contributed by atoms with van der Waals surface area (Å²) < 4.78 is 51.1. The average molecular weight is 394 g/mol. The van der Waals surface area contributed by atoms with E-state index in [0.717, 1.165) is 12.4 Å². The third kappa shape index (κ3) is 3.62. The Kier molecular flexibility index (Phi) is 4.85. The van der Waals surface area contributed by atoms with Crippen LogP contribution in [0.1, 0.15) is 5.69 Å². The standard InChI is InChI=1S/C17H17F3N6O2/c1-27-10-11-8-25(4-5-28-11)14-2-3-21-16(24-14)12-6-23-15-7-22-13(9-26(12)15)17(18,19)20/h2-3,6-7,9,11H,4-5,8,10H2,1H3. The number of ether oxygens (including phenoxy) is 2. The lowest BCUT2D eigenvalue weighted by Crippen LogP contribution is -2.44. The van der Waals surface area contributed by atoms with E-state index >= 15 is 0 Å². The van der Waals surface area contributed by atoms with Gasteiger partial charge < -0.3 is 14.4 Å². The molecule has 0 bridgehead atoms. The van der Waals surface area contributed by atoms with Crippen molar-refractivity contribution in [1.82, 2.24) is 24.3 Å². The van der Waals surface area contributed by atoms with Gasteiger partial charge in [0.2, 0.25) is 0 Å². The molecule has 8 nitrogen and oxygen atoms in total. The van der Waals surface area contributed by atoms with Crippen LogP contribution in [0, 0.1) is 0 Å². The van der Waals surface area contributed by atoms with Crippen molar-refractivity contribution in [3.63, 3.8) is 0 Å². The van der Waals surface area contributed by atoms with E-state index in [1.54, 1.807) is 19.4 Å². The van der Waals surface area contributed by atoms with Crippen molar-refractivity contribution in [3.05, 3.63) is 36.5 Å². The number of morpholine rings is 1. The Labute approximate surface area is 158 Å². The normalized spacial score (nSPS) is 18.0. The highest BCUT2D eigenvalue weighted by molar-refractivity contribution is 5.58. The van der Waals surface area contributed by atoms with Gasteiger partial charge in [-0.15, -0.1) is 0 Å². The molecular weight excluding hydrogens is 377 g/mol. The molecular formula is C17H17F3N6O2. The Bertz CT molecular complexity index is 975. The Morgan fingerprint density at radius 3 is 2.89 bits per heavy atom. The Hall–Kier alpha value is -2.79. The van der Waals surface area contributed by atoms with Gasteiger partial charge in [0.15, 0.2) is 17.2 Å². The van der Waals surface area contributed by atoms with E-state index in [4.69, 9.17) is 9.47 Å². The number of nitrogens with zero attached hydrogens (tertiary/aromatic N) is 6. The lowest BCUT2D eigenvalue weighted by atomic mass is 10.3. The smallest absolute Gasteiger partial charge is 0.382 e. The molecule has 0 radical (unpaired) electrons. The minimum absolute atomic E-state index is 0.0756. The quantitative estimate of drug-likeness (QED) is 0.670. The molecule has 1 fully saturated rings. The van der Waals surface area contributed by atoms with Gasteiger partial charge in [0, 0.05) is 32.6 Å². The minimum Gasteiger partial charge on any atom is -0.382 e. The zero-order valence-corrected chi connectivity index (χ0v) is 14.9. The first kappa shape index (κ1) is 18.6. The van der Waals surface area contributed by atoms with Gasteiger partial charge in [0.05, 0.1) is 31.7 Å². The van der Waals surface area contributed by atoms with Gasteiger partial charge in [0.25, 0.3) is 0 Å². The molecule has 1 aliphatic rings.